The molecule has 0 fully saturated rings. The maximum absolute atomic E-state index is 10.9. The minimum atomic E-state index is -0.0904. The van der Waals surface area contributed by atoms with E-state index in [0.717, 1.165) is 0 Å². The Morgan fingerprint density at radius 3 is 2.45 bits per heavy atom. The standard InChI is InChI=1S/C7H7IN2O/c8-7(11)4-2-1-3-5(9)6(4)10/h1-3H,9-10H2. The van der Waals surface area contributed by atoms with Crippen LogP contribution in [0.3, 0.4) is 0 Å². The molecule has 4 heteroatoms. The van der Waals surface area contributed by atoms with E-state index >= 15 is 0 Å². The first-order chi connectivity index (χ1) is 5.13. The van der Waals surface area contributed by atoms with Crippen LogP contribution in [0.4, 0.5) is 11.4 Å². The largest absolute Gasteiger partial charge is 0.397 e. The Bertz CT molecular complexity index is 298. The van der Waals surface area contributed by atoms with Gasteiger partial charge in [0.1, 0.15) is 0 Å². The van der Waals surface area contributed by atoms with Gasteiger partial charge in [-0.05, 0) is 12.1 Å². The van der Waals surface area contributed by atoms with Crippen molar-refractivity contribution >= 4 is 37.8 Å². The molecule has 3 nitrogen and oxygen atoms in total. The molecule has 0 saturated heterocycles. The molecule has 0 bridgehead atoms. The predicted molar refractivity (Wildman–Crippen MR) is 53.6 cm³/mol. The van der Waals surface area contributed by atoms with Crippen molar-refractivity contribution in [3.63, 3.8) is 0 Å². The molecule has 0 radical (unpaired) electrons. The minimum absolute atomic E-state index is 0.0904. The number of halogens is 1. The number of anilines is 2. The zero-order valence-electron chi connectivity index (χ0n) is 5.67. The molecule has 0 aliphatic heterocycles. The first kappa shape index (κ1) is 8.32. The van der Waals surface area contributed by atoms with Crippen LogP contribution in [0.25, 0.3) is 0 Å². The SMILES string of the molecule is Nc1cccc(C(=O)I)c1N. The van der Waals surface area contributed by atoms with Gasteiger partial charge in [0.15, 0.2) is 0 Å². The number of carbonyl (C=O) groups is 1. The van der Waals surface area contributed by atoms with E-state index in [4.69, 9.17) is 11.5 Å². The third-order valence-electron chi connectivity index (χ3n) is 1.35. The molecule has 1 aromatic rings. The van der Waals surface area contributed by atoms with Crippen LogP contribution in [0.1, 0.15) is 10.4 Å². The highest BCUT2D eigenvalue weighted by atomic mass is 127. The van der Waals surface area contributed by atoms with Crippen LogP contribution in [0.15, 0.2) is 18.2 Å². The Labute approximate surface area is 77.9 Å². The molecule has 0 aromatic heterocycles. The molecular weight excluding hydrogens is 255 g/mol. The number of benzene rings is 1. The van der Waals surface area contributed by atoms with E-state index in [9.17, 15) is 4.79 Å². The summed E-state index contributed by atoms with van der Waals surface area (Å²) < 4.78 is -0.0904. The van der Waals surface area contributed by atoms with Crippen LogP contribution in [0, 0.1) is 0 Å². The summed E-state index contributed by atoms with van der Waals surface area (Å²) in [5, 5.41) is 0. The van der Waals surface area contributed by atoms with Gasteiger partial charge in [0.05, 0.1) is 16.9 Å². The molecule has 1 rings (SSSR count). The first-order valence-electron chi connectivity index (χ1n) is 2.96. The van der Waals surface area contributed by atoms with Crippen molar-refractivity contribution in [3.8, 4) is 0 Å². The van der Waals surface area contributed by atoms with Gasteiger partial charge in [-0.1, -0.05) is 6.07 Å². The number of nitrogen functional groups attached to an aromatic ring is 2. The summed E-state index contributed by atoms with van der Waals surface area (Å²) in [5.41, 5.74) is 12.3. The summed E-state index contributed by atoms with van der Waals surface area (Å²) in [6.45, 7) is 0. The molecule has 1 aromatic carbocycles. The highest BCUT2D eigenvalue weighted by Gasteiger charge is 2.06. The highest BCUT2D eigenvalue weighted by Crippen LogP contribution is 2.21. The third-order valence-corrected chi connectivity index (χ3v) is 1.93. The first-order valence-corrected chi connectivity index (χ1v) is 4.04. The van der Waals surface area contributed by atoms with Crippen LogP contribution in [-0.2, 0) is 0 Å². The lowest BCUT2D eigenvalue weighted by Crippen LogP contribution is -2.01. The van der Waals surface area contributed by atoms with Gasteiger partial charge in [0.25, 0.3) is 0 Å². The second kappa shape index (κ2) is 3.08. The summed E-state index contributed by atoms with van der Waals surface area (Å²) in [6, 6.07) is 5.02. The summed E-state index contributed by atoms with van der Waals surface area (Å²) in [5.74, 6) is 0. The van der Waals surface area contributed by atoms with Crippen LogP contribution in [-0.4, -0.2) is 3.79 Å². The van der Waals surface area contributed by atoms with Crippen molar-refractivity contribution in [1.82, 2.24) is 0 Å². The monoisotopic (exact) mass is 262 g/mol. The zero-order valence-corrected chi connectivity index (χ0v) is 7.83. The normalized spacial score (nSPS) is 9.55. The van der Waals surface area contributed by atoms with Crippen molar-refractivity contribution in [2.24, 2.45) is 0 Å². The van der Waals surface area contributed by atoms with E-state index < -0.39 is 0 Å². The van der Waals surface area contributed by atoms with Crippen LogP contribution >= 0.6 is 22.6 Å². The van der Waals surface area contributed by atoms with Gasteiger partial charge < -0.3 is 11.5 Å². The Morgan fingerprint density at radius 2 is 2.00 bits per heavy atom. The van der Waals surface area contributed by atoms with Gasteiger partial charge in [-0.3, -0.25) is 4.79 Å². The van der Waals surface area contributed by atoms with Crippen LogP contribution in [0.2, 0.25) is 0 Å². The maximum atomic E-state index is 10.9. The van der Waals surface area contributed by atoms with Gasteiger partial charge in [-0.25, -0.2) is 0 Å². The van der Waals surface area contributed by atoms with Crippen LogP contribution < -0.4 is 11.5 Å². The molecule has 0 saturated carbocycles. The second-order valence-corrected chi connectivity index (χ2v) is 3.06. The lowest BCUT2D eigenvalue weighted by Gasteiger charge is -2.02. The topological polar surface area (TPSA) is 69.1 Å². The van der Waals surface area contributed by atoms with Crippen molar-refractivity contribution in [2.75, 3.05) is 11.5 Å². The molecule has 0 spiro atoms. The van der Waals surface area contributed by atoms with Gasteiger partial charge in [0, 0.05) is 22.6 Å². The van der Waals surface area contributed by atoms with Gasteiger partial charge in [-0.15, -0.1) is 0 Å². The van der Waals surface area contributed by atoms with E-state index in [1.165, 1.54) is 0 Å². The molecule has 0 unspecified atom stereocenters. The van der Waals surface area contributed by atoms with E-state index in [2.05, 4.69) is 0 Å². The predicted octanol–water partition coefficient (Wildman–Crippen LogP) is 1.43. The smallest absolute Gasteiger partial charge is 0.224 e. The molecule has 0 aliphatic carbocycles. The third kappa shape index (κ3) is 1.62. The lowest BCUT2D eigenvalue weighted by molar-refractivity contribution is 0.110. The molecule has 58 valence electrons. The number of hydrogen-bond acceptors (Lipinski definition) is 3. The molecule has 0 heterocycles. The van der Waals surface area contributed by atoms with Crippen molar-refractivity contribution in [1.29, 1.82) is 0 Å². The Balaban J connectivity index is 3.27. The molecule has 0 atom stereocenters. The van der Waals surface area contributed by atoms with E-state index in [-0.39, 0.29) is 3.79 Å². The minimum Gasteiger partial charge on any atom is -0.397 e. The van der Waals surface area contributed by atoms with Crippen molar-refractivity contribution < 1.29 is 4.79 Å². The number of nitrogens with two attached hydrogens (primary N) is 2. The fourth-order valence-corrected chi connectivity index (χ4v) is 1.22. The number of hydrogen-bond donors (Lipinski definition) is 2. The molecule has 4 N–H and O–H groups in total. The Hall–Kier alpha value is -0.780. The average molecular weight is 262 g/mol. The molecule has 0 aliphatic rings. The Morgan fingerprint density at radius 1 is 1.36 bits per heavy atom. The van der Waals surface area contributed by atoms with Crippen molar-refractivity contribution in [2.45, 2.75) is 0 Å². The molecular formula is C7H7IN2O. The summed E-state index contributed by atoms with van der Waals surface area (Å²) in [4.78, 5) is 10.9. The fourth-order valence-electron chi connectivity index (χ4n) is 0.754. The fraction of sp³-hybridized carbons (Fsp3) is 0. The second-order valence-electron chi connectivity index (χ2n) is 2.08. The average Bonchev–Trinajstić information content (AvgIpc) is 1.94. The quantitative estimate of drug-likeness (QED) is 0.457. The van der Waals surface area contributed by atoms with Gasteiger partial charge in [-0.2, -0.15) is 0 Å². The maximum Gasteiger partial charge on any atom is 0.224 e. The molecule has 11 heavy (non-hydrogen) atoms. The van der Waals surface area contributed by atoms with Gasteiger partial charge in [0.2, 0.25) is 3.79 Å². The summed E-state index contributed by atoms with van der Waals surface area (Å²) >= 11 is 1.68. The lowest BCUT2D eigenvalue weighted by atomic mass is 10.2. The zero-order chi connectivity index (χ0) is 8.43. The van der Waals surface area contributed by atoms with Crippen LogP contribution in [0.5, 0.6) is 0 Å². The van der Waals surface area contributed by atoms with E-state index in [1.54, 1.807) is 40.8 Å². The Kier molecular flexibility index (Phi) is 2.33. The summed E-state index contributed by atoms with van der Waals surface area (Å²) in [6.07, 6.45) is 0. The number of rotatable bonds is 1. The van der Waals surface area contributed by atoms with E-state index in [1.807, 2.05) is 0 Å². The van der Waals surface area contributed by atoms with Gasteiger partial charge >= 0.3 is 0 Å². The van der Waals surface area contributed by atoms with Crippen molar-refractivity contribution in [3.05, 3.63) is 23.8 Å². The van der Waals surface area contributed by atoms with E-state index in [0.29, 0.717) is 16.9 Å². The summed E-state index contributed by atoms with van der Waals surface area (Å²) in [7, 11) is 0. The molecule has 0 amide bonds. The number of carbonyl (C=O) groups excluding carboxylic acids is 1. The highest BCUT2D eigenvalue weighted by molar-refractivity contribution is 14.1. The number of para-hydroxylation sites is 1.